The summed E-state index contributed by atoms with van der Waals surface area (Å²) in [7, 11) is 0. The molecule has 6 nitrogen and oxygen atoms in total. The number of anilines is 2. The molecule has 2 fully saturated rings. The van der Waals surface area contributed by atoms with Gasteiger partial charge in [0.25, 0.3) is 0 Å². The monoisotopic (exact) mass is 426 g/mol. The molecule has 1 unspecified atom stereocenters. The third kappa shape index (κ3) is 2.66. The van der Waals surface area contributed by atoms with Gasteiger partial charge in [-0.1, -0.05) is 55.0 Å². The maximum atomic E-state index is 11.0. The lowest BCUT2D eigenvalue weighted by atomic mass is 10.0. The molecule has 4 aromatic rings. The SMILES string of the molecule is Cc1ccc(Nc2ncnc3c2c(-c2ccccc2)cn3[C@]23C[C@H]2[C@H](C)[C@H](O)C3O)cc1. The lowest BCUT2D eigenvalue weighted by Crippen LogP contribution is -2.37. The van der Waals surface area contributed by atoms with E-state index in [0.29, 0.717) is 0 Å². The van der Waals surface area contributed by atoms with E-state index in [2.05, 4.69) is 57.2 Å². The fraction of sp³-hybridized carbons (Fsp3) is 0.308. The molecule has 0 bridgehead atoms. The third-order valence-corrected chi connectivity index (χ3v) is 7.47. The first-order valence-corrected chi connectivity index (χ1v) is 11.1. The number of aryl methyl sites for hydroxylation is 1. The summed E-state index contributed by atoms with van der Waals surface area (Å²) in [6.07, 6.45) is 2.96. The molecule has 2 aliphatic carbocycles. The molecule has 0 radical (unpaired) electrons. The van der Waals surface area contributed by atoms with Gasteiger partial charge in [0.1, 0.15) is 23.9 Å². The Bertz CT molecular complexity index is 1300. The second-order valence-corrected chi connectivity index (χ2v) is 9.29. The Morgan fingerprint density at radius 3 is 2.47 bits per heavy atom. The number of nitrogens with zero attached hydrogens (tertiary/aromatic N) is 3. The van der Waals surface area contributed by atoms with Gasteiger partial charge in [0.15, 0.2) is 0 Å². The number of rotatable bonds is 4. The zero-order valence-electron chi connectivity index (χ0n) is 18.1. The van der Waals surface area contributed by atoms with E-state index in [-0.39, 0.29) is 11.8 Å². The number of aromatic nitrogens is 3. The van der Waals surface area contributed by atoms with Gasteiger partial charge in [-0.2, -0.15) is 0 Å². The average molecular weight is 427 g/mol. The van der Waals surface area contributed by atoms with Crippen LogP contribution < -0.4 is 5.32 Å². The molecule has 3 N–H and O–H groups in total. The van der Waals surface area contributed by atoms with E-state index in [9.17, 15) is 10.2 Å². The number of aliphatic hydroxyl groups is 2. The van der Waals surface area contributed by atoms with E-state index in [1.807, 2.05) is 37.3 Å². The summed E-state index contributed by atoms with van der Waals surface area (Å²) >= 11 is 0. The molecule has 0 spiro atoms. The van der Waals surface area contributed by atoms with E-state index in [4.69, 9.17) is 0 Å². The molecule has 32 heavy (non-hydrogen) atoms. The van der Waals surface area contributed by atoms with Gasteiger partial charge in [-0.05, 0) is 42.9 Å². The molecule has 2 aromatic carbocycles. The third-order valence-electron chi connectivity index (χ3n) is 7.47. The number of hydrogen-bond donors (Lipinski definition) is 3. The highest BCUT2D eigenvalue weighted by Crippen LogP contribution is 2.65. The standard InChI is InChI=1S/C26H26N4O2/c1-15-8-10-18(11-9-15)29-24-21-19(17-6-4-3-5-7-17)13-30(25(21)28-14-27-24)26-12-20(26)16(2)22(31)23(26)32/h3-11,13-14,16,20,22-23,31-32H,12H2,1-2H3,(H,27,28,29)/t16-,20-,22-,23?,26+/m0/s1. The summed E-state index contributed by atoms with van der Waals surface area (Å²) in [5.74, 6) is 1.01. The van der Waals surface area contributed by atoms with Crippen molar-refractivity contribution in [3.05, 3.63) is 72.7 Å². The Morgan fingerprint density at radius 2 is 1.78 bits per heavy atom. The van der Waals surface area contributed by atoms with E-state index < -0.39 is 17.7 Å². The molecular formula is C26H26N4O2. The summed E-state index contributed by atoms with van der Waals surface area (Å²) in [6, 6.07) is 18.4. The van der Waals surface area contributed by atoms with Crippen LogP contribution in [0.2, 0.25) is 0 Å². The van der Waals surface area contributed by atoms with Crippen molar-refractivity contribution in [2.45, 2.75) is 38.0 Å². The number of hydrogen-bond acceptors (Lipinski definition) is 5. The van der Waals surface area contributed by atoms with Crippen LogP contribution >= 0.6 is 0 Å². The van der Waals surface area contributed by atoms with E-state index in [1.165, 1.54) is 5.56 Å². The topological polar surface area (TPSA) is 83.2 Å². The zero-order chi connectivity index (χ0) is 22.0. The number of aliphatic hydroxyl groups excluding tert-OH is 2. The largest absolute Gasteiger partial charge is 0.390 e. The van der Waals surface area contributed by atoms with Gasteiger partial charge in [0, 0.05) is 17.4 Å². The second-order valence-electron chi connectivity index (χ2n) is 9.29. The van der Waals surface area contributed by atoms with Crippen molar-refractivity contribution >= 4 is 22.5 Å². The molecule has 2 heterocycles. The molecule has 2 aromatic heterocycles. The van der Waals surface area contributed by atoms with E-state index >= 15 is 0 Å². The van der Waals surface area contributed by atoms with E-state index in [1.54, 1.807) is 6.33 Å². The zero-order valence-corrected chi connectivity index (χ0v) is 18.1. The summed E-state index contributed by atoms with van der Waals surface area (Å²) in [5.41, 5.74) is 4.48. The quantitative estimate of drug-likeness (QED) is 0.455. The first kappa shape index (κ1) is 19.5. The molecule has 162 valence electrons. The van der Waals surface area contributed by atoms with Gasteiger partial charge in [-0.25, -0.2) is 9.97 Å². The van der Waals surface area contributed by atoms with Crippen LogP contribution in [-0.2, 0) is 5.54 Å². The molecule has 0 amide bonds. The number of benzene rings is 2. The second kappa shape index (κ2) is 6.89. The summed E-state index contributed by atoms with van der Waals surface area (Å²) in [6.45, 7) is 4.09. The van der Waals surface area contributed by atoms with Crippen molar-refractivity contribution in [1.82, 2.24) is 14.5 Å². The van der Waals surface area contributed by atoms with Crippen LogP contribution in [-0.4, -0.2) is 37.0 Å². The summed E-state index contributed by atoms with van der Waals surface area (Å²) < 4.78 is 2.11. The van der Waals surface area contributed by atoms with Crippen LogP contribution in [0.4, 0.5) is 11.5 Å². The Kier molecular flexibility index (Phi) is 4.19. The maximum absolute atomic E-state index is 11.0. The summed E-state index contributed by atoms with van der Waals surface area (Å²) in [4.78, 5) is 9.25. The lowest BCUT2D eigenvalue weighted by molar-refractivity contribution is -0.0138. The molecular weight excluding hydrogens is 400 g/mol. The van der Waals surface area contributed by atoms with Gasteiger partial charge < -0.3 is 20.1 Å². The average Bonchev–Trinajstić information content (AvgIpc) is 3.39. The van der Waals surface area contributed by atoms with Gasteiger partial charge in [-0.15, -0.1) is 0 Å². The molecule has 0 aliphatic heterocycles. The molecule has 2 saturated carbocycles. The normalized spacial score (nSPS) is 28.6. The molecule has 6 heteroatoms. The van der Waals surface area contributed by atoms with Crippen LogP contribution in [0.1, 0.15) is 18.9 Å². The molecule has 2 aliphatic rings. The fourth-order valence-corrected chi connectivity index (χ4v) is 5.60. The highest BCUT2D eigenvalue weighted by Gasteiger charge is 2.71. The lowest BCUT2D eigenvalue weighted by Gasteiger charge is -2.24. The van der Waals surface area contributed by atoms with Crippen molar-refractivity contribution in [3.8, 4) is 11.1 Å². The number of nitrogens with one attached hydrogen (secondary N) is 1. The molecule has 0 saturated heterocycles. The predicted molar refractivity (Wildman–Crippen MR) is 125 cm³/mol. The minimum Gasteiger partial charge on any atom is -0.390 e. The molecule has 6 rings (SSSR count). The fourth-order valence-electron chi connectivity index (χ4n) is 5.60. The minimum absolute atomic E-state index is 0.0506. The first-order chi connectivity index (χ1) is 15.5. The highest BCUT2D eigenvalue weighted by molar-refractivity contribution is 6.02. The first-order valence-electron chi connectivity index (χ1n) is 11.1. The number of fused-ring (bicyclic) bond motifs is 2. The Hall–Kier alpha value is -3.22. The van der Waals surface area contributed by atoms with E-state index in [0.717, 1.165) is 40.1 Å². The maximum Gasteiger partial charge on any atom is 0.146 e. The van der Waals surface area contributed by atoms with Crippen molar-refractivity contribution in [2.24, 2.45) is 11.8 Å². The summed E-state index contributed by atoms with van der Waals surface area (Å²) in [5, 5.41) is 26.0. The Morgan fingerprint density at radius 1 is 1.03 bits per heavy atom. The van der Waals surface area contributed by atoms with Gasteiger partial charge in [0.05, 0.1) is 17.0 Å². The highest BCUT2D eigenvalue weighted by atomic mass is 16.3. The van der Waals surface area contributed by atoms with Crippen LogP contribution in [0.15, 0.2) is 67.1 Å². The van der Waals surface area contributed by atoms with Crippen LogP contribution in [0.3, 0.4) is 0 Å². The predicted octanol–water partition coefficient (Wildman–Crippen LogP) is 4.24. The van der Waals surface area contributed by atoms with Gasteiger partial charge >= 0.3 is 0 Å². The van der Waals surface area contributed by atoms with Crippen molar-refractivity contribution in [2.75, 3.05) is 5.32 Å². The van der Waals surface area contributed by atoms with Crippen molar-refractivity contribution in [3.63, 3.8) is 0 Å². The van der Waals surface area contributed by atoms with Crippen LogP contribution in [0.25, 0.3) is 22.2 Å². The van der Waals surface area contributed by atoms with Gasteiger partial charge in [-0.3, -0.25) is 0 Å². The smallest absolute Gasteiger partial charge is 0.146 e. The minimum atomic E-state index is -0.815. The van der Waals surface area contributed by atoms with Gasteiger partial charge in [0.2, 0.25) is 0 Å². The Balaban J connectivity index is 1.56. The molecule has 5 atom stereocenters. The van der Waals surface area contributed by atoms with Crippen LogP contribution in [0.5, 0.6) is 0 Å². The van der Waals surface area contributed by atoms with Crippen LogP contribution in [0, 0.1) is 18.8 Å². The Labute approximate surface area is 186 Å². The van der Waals surface area contributed by atoms with Crippen molar-refractivity contribution in [1.29, 1.82) is 0 Å². The van der Waals surface area contributed by atoms with Crippen molar-refractivity contribution < 1.29 is 10.2 Å².